The van der Waals surface area contributed by atoms with Crippen LogP contribution in [0.2, 0.25) is 0 Å². The first-order valence-electron chi connectivity index (χ1n) is 10.1. The van der Waals surface area contributed by atoms with Gasteiger partial charge < -0.3 is 5.32 Å². The summed E-state index contributed by atoms with van der Waals surface area (Å²) in [4.78, 5) is 21.9. The summed E-state index contributed by atoms with van der Waals surface area (Å²) in [6.07, 6.45) is 0. The molecule has 1 aliphatic heterocycles. The van der Waals surface area contributed by atoms with Gasteiger partial charge in [0.2, 0.25) is 5.91 Å². The van der Waals surface area contributed by atoms with Crippen molar-refractivity contribution < 1.29 is 4.79 Å². The summed E-state index contributed by atoms with van der Waals surface area (Å²) in [5.74, 6) is 1.38. The summed E-state index contributed by atoms with van der Waals surface area (Å²) < 4.78 is 1.68. The maximum absolute atomic E-state index is 12.7. The highest BCUT2D eigenvalue weighted by atomic mass is 32.2. The van der Waals surface area contributed by atoms with Crippen LogP contribution in [0, 0.1) is 13.8 Å². The van der Waals surface area contributed by atoms with Gasteiger partial charge in [0, 0.05) is 22.5 Å². The summed E-state index contributed by atoms with van der Waals surface area (Å²) in [6, 6.07) is 22.2. The molecule has 154 valence electrons. The highest BCUT2D eigenvalue weighted by Crippen LogP contribution is 2.46. The number of hydrogen-bond donors (Lipinski definition) is 1. The molecule has 0 saturated carbocycles. The molecule has 5 rings (SSSR count). The number of amides is 1. The summed E-state index contributed by atoms with van der Waals surface area (Å²) >= 11 is 1.61. The maximum Gasteiger partial charge on any atom is 0.252 e. The molecule has 0 aliphatic carbocycles. The van der Waals surface area contributed by atoms with Gasteiger partial charge in [0.25, 0.3) is 5.95 Å². The van der Waals surface area contributed by atoms with Crippen LogP contribution >= 0.6 is 11.8 Å². The highest BCUT2D eigenvalue weighted by molar-refractivity contribution is 8.00. The predicted molar refractivity (Wildman–Crippen MR) is 123 cm³/mol. The fraction of sp³-hybridized carbons (Fsp3) is 0.167. The van der Waals surface area contributed by atoms with Gasteiger partial charge in [-0.15, -0.1) is 11.8 Å². The van der Waals surface area contributed by atoms with Crippen molar-refractivity contribution in [2.24, 2.45) is 0 Å². The molecular weight excluding hydrogens is 406 g/mol. The lowest BCUT2D eigenvalue weighted by molar-refractivity contribution is -0.113. The van der Waals surface area contributed by atoms with E-state index in [4.69, 9.17) is 5.10 Å². The molecule has 2 aromatic carbocycles. The molecular formula is C24H21N5OS. The van der Waals surface area contributed by atoms with Crippen LogP contribution in [0.5, 0.6) is 0 Å². The number of anilines is 1. The molecule has 4 aromatic rings. The number of nitrogens with zero attached hydrogens (tertiary/aromatic N) is 4. The van der Waals surface area contributed by atoms with Crippen LogP contribution in [0.1, 0.15) is 27.8 Å². The molecule has 1 atom stereocenters. The van der Waals surface area contributed by atoms with Gasteiger partial charge in [-0.2, -0.15) is 9.78 Å². The Labute approximate surface area is 184 Å². The predicted octanol–water partition coefficient (Wildman–Crippen LogP) is 4.72. The molecule has 0 spiro atoms. The maximum atomic E-state index is 12.7. The minimum atomic E-state index is -0.0604. The third-order valence-corrected chi connectivity index (χ3v) is 6.40. The number of thioether (sulfide) groups is 1. The molecule has 0 unspecified atom stereocenters. The van der Waals surface area contributed by atoms with Crippen molar-refractivity contribution in [2.75, 3.05) is 11.1 Å². The minimum absolute atomic E-state index is 0.0509. The second-order valence-electron chi connectivity index (χ2n) is 7.49. The Bertz CT molecular complexity index is 1230. The lowest BCUT2D eigenvalue weighted by atomic mass is 10.00. The van der Waals surface area contributed by atoms with E-state index < -0.39 is 0 Å². The van der Waals surface area contributed by atoms with Crippen LogP contribution in [-0.4, -0.2) is 31.4 Å². The number of benzene rings is 2. The van der Waals surface area contributed by atoms with Gasteiger partial charge in [0.05, 0.1) is 16.7 Å². The molecule has 0 radical (unpaired) electrons. The van der Waals surface area contributed by atoms with Gasteiger partial charge >= 0.3 is 0 Å². The largest absolute Gasteiger partial charge is 0.309 e. The van der Waals surface area contributed by atoms with Crippen molar-refractivity contribution in [2.45, 2.75) is 19.1 Å². The molecule has 1 amide bonds. The lowest BCUT2D eigenvalue weighted by Gasteiger charge is -2.16. The normalized spacial score (nSPS) is 15.8. The Morgan fingerprint density at radius 2 is 1.61 bits per heavy atom. The van der Waals surface area contributed by atoms with E-state index in [1.54, 1.807) is 16.4 Å². The van der Waals surface area contributed by atoms with Crippen molar-refractivity contribution in [3.05, 3.63) is 89.2 Å². The van der Waals surface area contributed by atoms with Gasteiger partial charge in [-0.1, -0.05) is 60.7 Å². The number of aryl methyl sites for hydroxylation is 2. The number of nitrogens with one attached hydrogen (secondary N) is 1. The van der Waals surface area contributed by atoms with E-state index in [0.29, 0.717) is 17.5 Å². The highest BCUT2D eigenvalue weighted by Gasteiger charge is 2.33. The molecule has 31 heavy (non-hydrogen) atoms. The molecule has 0 bridgehead atoms. The molecule has 7 heteroatoms. The van der Waals surface area contributed by atoms with Crippen LogP contribution in [0.25, 0.3) is 17.2 Å². The molecule has 2 aromatic heterocycles. The molecule has 0 saturated heterocycles. The first-order chi connectivity index (χ1) is 15.1. The van der Waals surface area contributed by atoms with E-state index >= 15 is 0 Å². The topological polar surface area (TPSA) is 72.7 Å². The number of fused-ring (bicyclic) bond motifs is 1. The van der Waals surface area contributed by atoms with E-state index in [0.717, 1.165) is 33.8 Å². The Balaban J connectivity index is 1.81. The molecule has 1 N–H and O–H groups in total. The lowest BCUT2D eigenvalue weighted by Crippen LogP contribution is -2.17. The van der Waals surface area contributed by atoms with E-state index in [1.165, 1.54) is 0 Å². The molecule has 6 nitrogen and oxygen atoms in total. The summed E-state index contributed by atoms with van der Waals surface area (Å²) in [6.45, 7) is 3.86. The monoisotopic (exact) mass is 427 g/mol. The van der Waals surface area contributed by atoms with Gasteiger partial charge in [0.15, 0.2) is 0 Å². The summed E-state index contributed by atoms with van der Waals surface area (Å²) in [5.41, 5.74) is 5.60. The zero-order chi connectivity index (χ0) is 21.4. The van der Waals surface area contributed by atoms with Crippen LogP contribution in [-0.2, 0) is 4.79 Å². The van der Waals surface area contributed by atoms with Crippen molar-refractivity contribution in [3.8, 4) is 17.2 Å². The summed E-state index contributed by atoms with van der Waals surface area (Å²) in [5, 5.41) is 7.96. The number of aromatic nitrogens is 4. The third kappa shape index (κ3) is 3.72. The first kappa shape index (κ1) is 19.5. The smallest absolute Gasteiger partial charge is 0.252 e. The first-order valence-corrected chi connectivity index (χ1v) is 11.1. The van der Waals surface area contributed by atoms with Crippen molar-refractivity contribution in [1.29, 1.82) is 0 Å². The second kappa shape index (κ2) is 8.00. The molecule has 3 heterocycles. The third-order valence-electron chi connectivity index (χ3n) is 5.13. The van der Waals surface area contributed by atoms with Gasteiger partial charge in [-0.25, -0.2) is 9.97 Å². The van der Waals surface area contributed by atoms with Crippen LogP contribution < -0.4 is 5.32 Å². The SMILES string of the molecule is Cc1cc(C)nc(-n2nc(-c3ccccc3)c3c2NC(=O)CS[C@H]3c2ccccc2)n1. The average Bonchev–Trinajstić information content (AvgIpc) is 3.04. The Morgan fingerprint density at radius 1 is 0.968 bits per heavy atom. The average molecular weight is 428 g/mol. The van der Waals surface area contributed by atoms with Gasteiger partial charge in [-0.3, -0.25) is 4.79 Å². The number of hydrogen-bond acceptors (Lipinski definition) is 5. The fourth-order valence-corrected chi connectivity index (χ4v) is 4.99. The zero-order valence-electron chi connectivity index (χ0n) is 17.2. The van der Waals surface area contributed by atoms with E-state index in [1.807, 2.05) is 68.4 Å². The van der Waals surface area contributed by atoms with Gasteiger partial charge in [0.1, 0.15) is 5.82 Å². The number of carbonyl (C=O) groups is 1. The summed E-state index contributed by atoms with van der Waals surface area (Å²) in [7, 11) is 0. The number of rotatable bonds is 3. The fourth-order valence-electron chi connectivity index (χ4n) is 3.86. The quantitative estimate of drug-likeness (QED) is 0.512. The molecule has 0 fully saturated rings. The minimum Gasteiger partial charge on any atom is -0.309 e. The van der Waals surface area contributed by atoms with Gasteiger partial charge in [-0.05, 0) is 25.5 Å². The standard InChI is InChI=1S/C24H21N5OS/c1-15-13-16(2)26-24(25-15)29-23-20(21(28-29)17-9-5-3-6-10-17)22(31-14-19(30)27-23)18-11-7-4-8-12-18/h3-13,22H,14H2,1-2H3,(H,27,30)/t22-/m0/s1. The Hall–Kier alpha value is -3.45. The van der Waals surface area contributed by atoms with Crippen LogP contribution in [0.3, 0.4) is 0 Å². The molecule has 1 aliphatic rings. The van der Waals surface area contributed by atoms with E-state index in [2.05, 4.69) is 27.4 Å². The Kier molecular flexibility index (Phi) is 5.03. The van der Waals surface area contributed by atoms with Crippen LogP contribution in [0.15, 0.2) is 66.7 Å². The second-order valence-corrected chi connectivity index (χ2v) is 8.58. The van der Waals surface area contributed by atoms with Crippen molar-refractivity contribution in [3.63, 3.8) is 0 Å². The zero-order valence-corrected chi connectivity index (χ0v) is 18.1. The Morgan fingerprint density at radius 3 is 2.29 bits per heavy atom. The number of carbonyl (C=O) groups excluding carboxylic acids is 1. The van der Waals surface area contributed by atoms with E-state index in [9.17, 15) is 4.79 Å². The van der Waals surface area contributed by atoms with Crippen LogP contribution in [0.4, 0.5) is 5.82 Å². The van der Waals surface area contributed by atoms with E-state index in [-0.39, 0.29) is 11.2 Å². The van der Waals surface area contributed by atoms with Crippen molar-refractivity contribution >= 4 is 23.5 Å². The van der Waals surface area contributed by atoms with Crippen molar-refractivity contribution in [1.82, 2.24) is 19.7 Å².